The molecule has 7 nitrogen and oxygen atoms in total. The van der Waals surface area contributed by atoms with Crippen molar-refractivity contribution in [1.82, 2.24) is 9.21 Å². The summed E-state index contributed by atoms with van der Waals surface area (Å²) in [6.07, 6.45) is -0.217. The van der Waals surface area contributed by atoms with E-state index in [2.05, 4.69) is 0 Å². The Balaban J connectivity index is 2.18. The van der Waals surface area contributed by atoms with E-state index < -0.39 is 16.1 Å². The predicted molar refractivity (Wildman–Crippen MR) is 121 cm³/mol. The van der Waals surface area contributed by atoms with E-state index in [0.29, 0.717) is 18.0 Å². The minimum absolute atomic E-state index is 0.0748. The first-order chi connectivity index (χ1) is 14.7. The number of methoxy groups -OCH3 is 1. The Bertz CT molecular complexity index is 1010. The summed E-state index contributed by atoms with van der Waals surface area (Å²) in [4.78, 5) is 2.14. The molecule has 0 saturated heterocycles. The Kier molecular flexibility index (Phi) is 7.26. The normalized spacial score (nSPS) is 22.2. The third-order valence-electron chi connectivity index (χ3n) is 5.63. The van der Waals surface area contributed by atoms with Gasteiger partial charge in [0.2, 0.25) is 10.0 Å². The highest BCUT2D eigenvalue weighted by Gasteiger charge is 2.38. The van der Waals surface area contributed by atoms with Crippen molar-refractivity contribution in [1.29, 1.82) is 0 Å². The molecule has 0 aromatic heterocycles. The summed E-state index contributed by atoms with van der Waals surface area (Å²) in [7, 11) is 1.69. The zero-order valence-electron chi connectivity index (χ0n) is 18.8. The molecule has 8 heteroatoms. The Hall–Kier alpha value is -2.13. The van der Waals surface area contributed by atoms with Crippen LogP contribution in [-0.2, 0) is 10.0 Å². The fraction of sp³-hybridized carbons (Fsp3) is 0.478. The van der Waals surface area contributed by atoms with E-state index in [1.54, 1.807) is 32.2 Å². The molecule has 0 bridgehead atoms. The van der Waals surface area contributed by atoms with E-state index in [4.69, 9.17) is 9.47 Å². The van der Waals surface area contributed by atoms with Crippen molar-refractivity contribution < 1.29 is 23.0 Å². The molecule has 0 unspecified atom stereocenters. The van der Waals surface area contributed by atoms with Gasteiger partial charge in [0, 0.05) is 30.6 Å². The molecule has 3 rings (SSSR count). The number of rotatable bonds is 6. The van der Waals surface area contributed by atoms with E-state index in [-0.39, 0.29) is 30.1 Å². The third kappa shape index (κ3) is 4.87. The average Bonchev–Trinajstić information content (AvgIpc) is 2.75. The average molecular weight is 449 g/mol. The molecule has 1 heterocycles. The molecule has 0 aliphatic carbocycles. The number of likely N-dealkylation sites (N-methyl/N-ethyl adjacent to an activating group) is 1. The van der Waals surface area contributed by atoms with Crippen LogP contribution in [0.1, 0.15) is 13.8 Å². The number of hydrogen-bond donors (Lipinski definition) is 1. The van der Waals surface area contributed by atoms with Gasteiger partial charge >= 0.3 is 0 Å². The zero-order chi connectivity index (χ0) is 22.8. The third-order valence-corrected chi connectivity index (χ3v) is 7.65. The van der Waals surface area contributed by atoms with Gasteiger partial charge in [0.05, 0.1) is 13.7 Å². The first-order valence-electron chi connectivity index (χ1n) is 10.4. The van der Waals surface area contributed by atoms with Gasteiger partial charge in [0.25, 0.3) is 0 Å². The molecule has 0 spiro atoms. The Labute approximate surface area is 185 Å². The van der Waals surface area contributed by atoms with Gasteiger partial charge in [-0.3, -0.25) is 0 Å². The Morgan fingerprint density at radius 2 is 1.97 bits per heavy atom. The molecule has 0 radical (unpaired) electrons. The van der Waals surface area contributed by atoms with Gasteiger partial charge in [-0.2, -0.15) is 4.31 Å². The van der Waals surface area contributed by atoms with Gasteiger partial charge in [-0.25, -0.2) is 8.42 Å². The molecule has 3 atom stereocenters. The topological polar surface area (TPSA) is 79.3 Å². The smallest absolute Gasteiger partial charge is 0.247 e. The van der Waals surface area contributed by atoms with Gasteiger partial charge in [-0.15, -0.1) is 0 Å². The van der Waals surface area contributed by atoms with Crippen LogP contribution < -0.4 is 9.47 Å². The molecule has 1 N–H and O–H groups in total. The number of para-hydroxylation sites is 1. The maximum Gasteiger partial charge on any atom is 0.247 e. The lowest BCUT2D eigenvalue weighted by molar-refractivity contribution is 0.0813. The quantitative estimate of drug-likeness (QED) is 0.732. The number of ether oxygens (including phenoxy) is 2. The number of benzene rings is 2. The number of hydrogen-bond acceptors (Lipinski definition) is 6. The lowest BCUT2D eigenvalue weighted by atomic mass is 10.0. The van der Waals surface area contributed by atoms with Crippen LogP contribution in [0.15, 0.2) is 47.4 Å². The molecule has 2 aromatic rings. The number of sulfonamides is 1. The van der Waals surface area contributed by atoms with Crippen molar-refractivity contribution in [2.75, 3.05) is 40.9 Å². The van der Waals surface area contributed by atoms with Gasteiger partial charge in [-0.1, -0.05) is 31.2 Å². The maximum absolute atomic E-state index is 13.5. The highest BCUT2D eigenvalue weighted by atomic mass is 32.2. The van der Waals surface area contributed by atoms with Crippen LogP contribution in [0, 0.1) is 5.92 Å². The summed E-state index contributed by atoms with van der Waals surface area (Å²) in [5.74, 6) is 0.941. The summed E-state index contributed by atoms with van der Waals surface area (Å²) in [6, 6.07) is 12.2. The van der Waals surface area contributed by atoms with Gasteiger partial charge in [0.1, 0.15) is 22.5 Å². The highest BCUT2D eigenvalue weighted by molar-refractivity contribution is 7.89. The molecule has 0 saturated carbocycles. The fourth-order valence-electron chi connectivity index (χ4n) is 3.85. The SMILES string of the molecule is COc1ccccc1-c1ccc2c(c1)O[C@@H](CN(C)C)[C@@H](C)CN([C@H](C)CO)S2(=O)=O. The van der Waals surface area contributed by atoms with Crippen molar-refractivity contribution in [3.8, 4) is 22.6 Å². The van der Waals surface area contributed by atoms with E-state index in [0.717, 1.165) is 11.1 Å². The zero-order valence-corrected chi connectivity index (χ0v) is 19.6. The lowest BCUT2D eigenvalue weighted by Crippen LogP contribution is -2.49. The van der Waals surface area contributed by atoms with Crippen molar-refractivity contribution >= 4 is 10.0 Å². The predicted octanol–water partition coefficient (Wildman–Crippen LogP) is 2.69. The van der Waals surface area contributed by atoms with Crippen molar-refractivity contribution in [3.05, 3.63) is 42.5 Å². The lowest BCUT2D eigenvalue weighted by Gasteiger charge is -2.37. The standard InChI is InChI=1S/C23H32N2O5S/c1-16-13-25(17(2)15-26)31(27,28)23-11-10-18(19-8-6-7-9-20(19)29-5)12-21(23)30-22(16)14-24(3)4/h6-12,16-17,22,26H,13-15H2,1-5H3/t16-,17+,22-/m0/s1. The second-order valence-electron chi connectivity index (χ2n) is 8.36. The van der Waals surface area contributed by atoms with Crippen molar-refractivity contribution in [3.63, 3.8) is 0 Å². The Morgan fingerprint density at radius 1 is 1.26 bits per heavy atom. The molecule has 170 valence electrons. The minimum Gasteiger partial charge on any atom is -0.496 e. The summed E-state index contributed by atoms with van der Waals surface area (Å²) in [6.45, 7) is 4.36. The van der Waals surface area contributed by atoms with Crippen LogP contribution in [0.4, 0.5) is 0 Å². The number of aliphatic hydroxyl groups excluding tert-OH is 1. The number of fused-ring (bicyclic) bond motifs is 1. The Morgan fingerprint density at radius 3 is 2.61 bits per heavy atom. The van der Waals surface area contributed by atoms with Crippen molar-refractivity contribution in [2.24, 2.45) is 5.92 Å². The molecule has 1 aliphatic rings. The molecule has 0 fully saturated rings. The fourth-order valence-corrected chi connectivity index (χ4v) is 5.68. The molecule has 0 amide bonds. The van der Waals surface area contributed by atoms with Gasteiger partial charge < -0.3 is 19.5 Å². The second kappa shape index (κ2) is 9.56. The summed E-state index contributed by atoms with van der Waals surface area (Å²) < 4.78 is 40.3. The highest BCUT2D eigenvalue weighted by Crippen LogP contribution is 2.38. The maximum atomic E-state index is 13.5. The van der Waals surface area contributed by atoms with Crippen LogP contribution in [0.25, 0.3) is 11.1 Å². The molecular weight excluding hydrogens is 416 g/mol. The largest absolute Gasteiger partial charge is 0.496 e. The van der Waals surface area contributed by atoms with Crippen molar-refractivity contribution in [2.45, 2.75) is 30.9 Å². The summed E-state index contributed by atoms with van der Waals surface area (Å²) in [5, 5.41) is 9.72. The minimum atomic E-state index is -3.85. The van der Waals surface area contributed by atoms with Crippen LogP contribution in [-0.4, -0.2) is 75.8 Å². The summed E-state index contributed by atoms with van der Waals surface area (Å²) >= 11 is 0. The monoisotopic (exact) mass is 448 g/mol. The van der Waals surface area contributed by atoms with E-state index in [1.807, 2.05) is 50.2 Å². The van der Waals surface area contributed by atoms with Gasteiger partial charge in [0.15, 0.2) is 0 Å². The van der Waals surface area contributed by atoms with Crippen LogP contribution in [0.5, 0.6) is 11.5 Å². The van der Waals surface area contributed by atoms with Crippen LogP contribution >= 0.6 is 0 Å². The molecule has 31 heavy (non-hydrogen) atoms. The molecular formula is C23H32N2O5S. The summed E-state index contributed by atoms with van der Waals surface area (Å²) in [5.41, 5.74) is 1.67. The molecule has 1 aliphatic heterocycles. The van der Waals surface area contributed by atoms with E-state index in [9.17, 15) is 13.5 Å². The van der Waals surface area contributed by atoms with E-state index >= 15 is 0 Å². The van der Waals surface area contributed by atoms with Crippen LogP contribution in [0.3, 0.4) is 0 Å². The van der Waals surface area contributed by atoms with Crippen LogP contribution in [0.2, 0.25) is 0 Å². The number of nitrogens with zero attached hydrogens (tertiary/aromatic N) is 2. The van der Waals surface area contributed by atoms with E-state index in [1.165, 1.54) is 4.31 Å². The molecule has 2 aromatic carbocycles. The van der Waals surface area contributed by atoms with Gasteiger partial charge in [-0.05, 0) is 44.8 Å². The second-order valence-corrected chi connectivity index (χ2v) is 10.2. The number of aliphatic hydroxyl groups is 1. The first-order valence-corrected chi connectivity index (χ1v) is 11.8. The first kappa shape index (κ1) is 23.5.